The van der Waals surface area contributed by atoms with Crippen molar-refractivity contribution in [3.63, 3.8) is 0 Å². The minimum absolute atomic E-state index is 0.151. The van der Waals surface area contributed by atoms with E-state index in [2.05, 4.69) is 10.4 Å². The molecule has 2 heterocycles. The zero-order valence-electron chi connectivity index (χ0n) is 15.0. The molecular formula is C19H19N3O5. The lowest BCUT2D eigenvalue weighted by molar-refractivity contribution is -0.118. The summed E-state index contributed by atoms with van der Waals surface area (Å²) in [5, 5.41) is 6.83. The van der Waals surface area contributed by atoms with Crippen LogP contribution in [0.25, 0.3) is 5.52 Å². The Hall–Kier alpha value is -3.55. The molecule has 2 aromatic heterocycles. The number of nitrogens with zero attached hydrogens (tertiary/aromatic N) is 2. The first-order chi connectivity index (χ1) is 13.1. The molecule has 3 rings (SSSR count). The fraction of sp³-hybridized carbons (Fsp3) is 0.211. The number of nitrogens with one attached hydrogen (secondary N) is 1. The summed E-state index contributed by atoms with van der Waals surface area (Å²) in [5.41, 5.74) is 1.40. The molecule has 0 saturated heterocycles. The minimum Gasteiger partial charge on any atom is -0.497 e. The van der Waals surface area contributed by atoms with Gasteiger partial charge in [-0.05, 0) is 43.3 Å². The highest BCUT2D eigenvalue weighted by Gasteiger charge is 2.14. The summed E-state index contributed by atoms with van der Waals surface area (Å²) in [7, 11) is 1.58. The first-order valence-corrected chi connectivity index (χ1v) is 8.32. The second kappa shape index (κ2) is 8.22. The largest absolute Gasteiger partial charge is 0.497 e. The van der Waals surface area contributed by atoms with Gasteiger partial charge >= 0.3 is 5.97 Å². The average Bonchev–Trinajstić information content (AvgIpc) is 3.10. The fourth-order valence-electron chi connectivity index (χ4n) is 2.44. The summed E-state index contributed by atoms with van der Waals surface area (Å²) in [6.07, 6.45) is 3.09. The van der Waals surface area contributed by atoms with Crippen LogP contribution < -0.4 is 14.8 Å². The second-order valence-electron chi connectivity index (χ2n) is 5.54. The fourth-order valence-corrected chi connectivity index (χ4v) is 2.44. The van der Waals surface area contributed by atoms with Crippen molar-refractivity contribution in [3.05, 3.63) is 54.4 Å². The molecule has 0 aliphatic rings. The maximum Gasteiger partial charge on any atom is 0.341 e. The second-order valence-corrected chi connectivity index (χ2v) is 5.54. The van der Waals surface area contributed by atoms with Crippen LogP contribution in [0.4, 0.5) is 5.69 Å². The van der Waals surface area contributed by atoms with Crippen molar-refractivity contribution in [2.45, 2.75) is 6.92 Å². The topological polar surface area (TPSA) is 91.2 Å². The standard InChI is InChI=1S/C19H19N3O5/c1-3-26-19(24)16-11-20-22-9-8-13(10-17(16)22)21-18(23)12-27-15-6-4-14(25-2)5-7-15/h4-11H,3,12H2,1-2H3,(H,21,23). The number of pyridine rings is 1. The third-order valence-corrected chi connectivity index (χ3v) is 3.73. The Morgan fingerprint density at radius 2 is 1.89 bits per heavy atom. The summed E-state index contributed by atoms with van der Waals surface area (Å²) >= 11 is 0. The summed E-state index contributed by atoms with van der Waals surface area (Å²) in [5.74, 6) is 0.478. The van der Waals surface area contributed by atoms with E-state index in [0.717, 1.165) is 0 Å². The zero-order chi connectivity index (χ0) is 19.2. The first-order valence-electron chi connectivity index (χ1n) is 8.32. The Kier molecular flexibility index (Phi) is 5.55. The van der Waals surface area contributed by atoms with Crippen LogP contribution in [0.5, 0.6) is 11.5 Å². The number of hydrogen-bond acceptors (Lipinski definition) is 6. The predicted molar refractivity (Wildman–Crippen MR) is 98.3 cm³/mol. The van der Waals surface area contributed by atoms with Crippen LogP contribution >= 0.6 is 0 Å². The number of fused-ring (bicyclic) bond motifs is 1. The Balaban J connectivity index is 1.65. The number of amides is 1. The van der Waals surface area contributed by atoms with E-state index < -0.39 is 5.97 Å². The van der Waals surface area contributed by atoms with E-state index in [-0.39, 0.29) is 19.1 Å². The zero-order valence-corrected chi connectivity index (χ0v) is 15.0. The van der Waals surface area contributed by atoms with Crippen LogP contribution in [0.15, 0.2) is 48.8 Å². The summed E-state index contributed by atoms with van der Waals surface area (Å²) in [6, 6.07) is 10.3. The van der Waals surface area contributed by atoms with Gasteiger partial charge in [-0.3, -0.25) is 4.79 Å². The number of methoxy groups -OCH3 is 1. The van der Waals surface area contributed by atoms with Crippen molar-refractivity contribution >= 4 is 23.1 Å². The molecule has 0 atom stereocenters. The molecule has 0 saturated carbocycles. The molecule has 1 aromatic carbocycles. The SMILES string of the molecule is CCOC(=O)c1cnn2ccc(NC(=O)COc3ccc(OC)cc3)cc12. The van der Waals surface area contributed by atoms with E-state index in [1.54, 1.807) is 56.6 Å². The van der Waals surface area contributed by atoms with Gasteiger partial charge in [-0.1, -0.05) is 0 Å². The average molecular weight is 369 g/mol. The Morgan fingerprint density at radius 3 is 2.59 bits per heavy atom. The molecule has 1 N–H and O–H groups in total. The maximum atomic E-state index is 12.1. The molecule has 0 bridgehead atoms. The Bertz CT molecular complexity index is 950. The van der Waals surface area contributed by atoms with Gasteiger partial charge in [0.05, 0.1) is 25.4 Å². The van der Waals surface area contributed by atoms with Gasteiger partial charge in [0.15, 0.2) is 6.61 Å². The molecule has 0 unspecified atom stereocenters. The van der Waals surface area contributed by atoms with Crippen molar-refractivity contribution in [1.82, 2.24) is 9.61 Å². The minimum atomic E-state index is -0.459. The number of benzene rings is 1. The third kappa shape index (κ3) is 4.35. The van der Waals surface area contributed by atoms with Crippen molar-refractivity contribution in [1.29, 1.82) is 0 Å². The molecule has 140 valence electrons. The van der Waals surface area contributed by atoms with Gasteiger partial charge in [-0.2, -0.15) is 5.10 Å². The van der Waals surface area contributed by atoms with Crippen molar-refractivity contribution in [3.8, 4) is 11.5 Å². The van der Waals surface area contributed by atoms with Gasteiger partial charge in [-0.25, -0.2) is 9.31 Å². The normalized spacial score (nSPS) is 10.4. The van der Waals surface area contributed by atoms with Crippen LogP contribution in [-0.4, -0.2) is 41.8 Å². The summed E-state index contributed by atoms with van der Waals surface area (Å²) < 4.78 is 17.1. The monoisotopic (exact) mass is 369 g/mol. The molecule has 27 heavy (non-hydrogen) atoms. The number of anilines is 1. The predicted octanol–water partition coefficient (Wildman–Crippen LogP) is 2.54. The maximum absolute atomic E-state index is 12.1. The summed E-state index contributed by atoms with van der Waals surface area (Å²) in [4.78, 5) is 24.1. The lowest BCUT2D eigenvalue weighted by Crippen LogP contribution is -2.20. The van der Waals surface area contributed by atoms with E-state index in [1.165, 1.54) is 10.7 Å². The third-order valence-electron chi connectivity index (χ3n) is 3.73. The highest BCUT2D eigenvalue weighted by atomic mass is 16.5. The molecular weight excluding hydrogens is 350 g/mol. The van der Waals surface area contributed by atoms with Gasteiger partial charge in [0.25, 0.3) is 5.91 Å². The van der Waals surface area contributed by atoms with E-state index in [0.29, 0.717) is 28.3 Å². The number of hydrogen-bond donors (Lipinski definition) is 1. The van der Waals surface area contributed by atoms with Gasteiger partial charge in [0, 0.05) is 11.9 Å². The van der Waals surface area contributed by atoms with E-state index in [4.69, 9.17) is 14.2 Å². The highest BCUT2D eigenvalue weighted by Crippen LogP contribution is 2.18. The van der Waals surface area contributed by atoms with Crippen molar-refractivity contribution in [2.75, 3.05) is 25.6 Å². The number of carbonyl (C=O) groups is 2. The van der Waals surface area contributed by atoms with Crippen LogP contribution in [0, 0.1) is 0 Å². The number of rotatable bonds is 7. The van der Waals surface area contributed by atoms with Gasteiger partial charge in [-0.15, -0.1) is 0 Å². The van der Waals surface area contributed by atoms with Gasteiger partial charge in [0.2, 0.25) is 0 Å². The molecule has 1 amide bonds. The van der Waals surface area contributed by atoms with Gasteiger partial charge in [0.1, 0.15) is 17.1 Å². The lowest BCUT2D eigenvalue weighted by Gasteiger charge is -2.09. The van der Waals surface area contributed by atoms with Crippen LogP contribution in [-0.2, 0) is 9.53 Å². The molecule has 0 spiro atoms. The number of ether oxygens (including phenoxy) is 3. The van der Waals surface area contributed by atoms with E-state index in [1.807, 2.05) is 0 Å². The smallest absolute Gasteiger partial charge is 0.341 e. The highest BCUT2D eigenvalue weighted by molar-refractivity contribution is 5.98. The molecule has 8 heteroatoms. The molecule has 3 aromatic rings. The van der Waals surface area contributed by atoms with Crippen molar-refractivity contribution in [2.24, 2.45) is 0 Å². The Morgan fingerprint density at radius 1 is 1.15 bits per heavy atom. The molecule has 0 radical (unpaired) electrons. The molecule has 0 aliphatic heterocycles. The van der Waals surface area contributed by atoms with Crippen LogP contribution in [0.1, 0.15) is 17.3 Å². The van der Waals surface area contributed by atoms with E-state index >= 15 is 0 Å². The number of esters is 1. The number of aromatic nitrogens is 2. The van der Waals surface area contributed by atoms with Crippen molar-refractivity contribution < 1.29 is 23.8 Å². The van der Waals surface area contributed by atoms with Crippen LogP contribution in [0.2, 0.25) is 0 Å². The quantitative estimate of drug-likeness (QED) is 0.644. The molecule has 8 nitrogen and oxygen atoms in total. The lowest BCUT2D eigenvalue weighted by atomic mass is 10.2. The Labute approximate surface area is 155 Å². The van der Waals surface area contributed by atoms with Crippen LogP contribution in [0.3, 0.4) is 0 Å². The number of carbonyl (C=O) groups excluding carboxylic acids is 2. The molecule has 0 fully saturated rings. The first kappa shape index (κ1) is 18.2. The van der Waals surface area contributed by atoms with Gasteiger partial charge < -0.3 is 19.5 Å². The summed E-state index contributed by atoms with van der Waals surface area (Å²) in [6.45, 7) is 1.86. The molecule has 0 aliphatic carbocycles. The van der Waals surface area contributed by atoms with E-state index in [9.17, 15) is 9.59 Å².